The molecule has 1 fully saturated rings. The first-order valence-electron chi connectivity index (χ1n) is 5.02. The molecule has 5 heteroatoms. The Hall–Kier alpha value is -0.430. The maximum atomic E-state index is 5.33. The van der Waals surface area contributed by atoms with Gasteiger partial charge in [-0.3, -0.25) is 0 Å². The Morgan fingerprint density at radius 1 is 1.20 bits per heavy atom. The monoisotopic (exact) mass is 319 g/mol. The first-order valence-corrected chi connectivity index (χ1v) is 6.10. The number of aryl methyl sites for hydroxylation is 2. The van der Waals surface area contributed by atoms with Crippen molar-refractivity contribution in [3.63, 3.8) is 0 Å². The Bertz CT molecular complexity index is 364. The largest absolute Gasteiger partial charge is 0.378 e. The van der Waals surface area contributed by atoms with Crippen molar-refractivity contribution in [1.29, 1.82) is 0 Å². The molecule has 0 bridgehead atoms. The number of ether oxygens (including phenoxy) is 1. The molecule has 4 nitrogen and oxygen atoms in total. The number of rotatable bonds is 1. The summed E-state index contributed by atoms with van der Waals surface area (Å²) in [5.74, 6) is 1.90. The predicted molar refractivity (Wildman–Crippen MR) is 67.3 cm³/mol. The van der Waals surface area contributed by atoms with Crippen LogP contribution in [-0.4, -0.2) is 36.3 Å². The molecule has 0 unspecified atom stereocenters. The highest BCUT2D eigenvalue weighted by Crippen LogP contribution is 2.23. The highest BCUT2D eigenvalue weighted by Gasteiger charge is 2.17. The molecule has 1 aliphatic rings. The number of nitrogens with zero attached hydrogens (tertiary/aromatic N) is 3. The lowest BCUT2D eigenvalue weighted by Gasteiger charge is -2.29. The van der Waals surface area contributed by atoms with Crippen LogP contribution >= 0.6 is 22.6 Å². The third kappa shape index (κ3) is 2.39. The third-order valence-electron chi connectivity index (χ3n) is 2.42. The van der Waals surface area contributed by atoms with E-state index in [2.05, 4.69) is 37.5 Å². The fourth-order valence-electron chi connectivity index (χ4n) is 1.67. The molecule has 0 aromatic carbocycles. The van der Waals surface area contributed by atoms with E-state index in [1.807, 2.05) is 13.8 Å². The summed E-state index contributed by atoms with van der Waals surface area (Å²) in [6.45, 7) is 7.39. The second-order valence-electron chi connectivity index (χ2n) is 3.59. The zero-order chi connectivity index (χ0) is 10.8. The van der Waals surface area contributed by atoms with Gasteiger partial charge in [-0.05, 0) is 36.4 Å². The maximum Gasteiger partial charge on any atom is 0.146 e. The van der Waals surface area contributed by atoms with Crippen molar-refractivity contribution in [3.05, 3.63) is 15.1 Å². The Kier molecular flexibility index (Phi) is 3.40. The molecule has 0 spiro atoms. The van der Waals surface area contributed by atoms with Crippen LogP contribution in [-0.2, 0) is 4.74 Å². The molecular weight excluding hydrogens is 305 g/mol. The minimum atomic E-state index is 0.790. The Balaban J connectivity index is 2.33. The first-order chi connectivity index (χ1) is 7.18. The van der Waals surface area contributed by atoms with Crippen molar-refractivity contribution in [2.75, 3.05) is 31.2 Å². The summed E-state index contributed by atoms with van der Waals surface area (Å²) < 4.78 is 6.49. The molecule has 1 saturated heterocycles. The Labute approximate surface area is 103 Å². The van der Waals surface area contributed by atoms with E-state index in [0.717, 1.165) is 47.2 Å². The van der Waals surface area contributed by atoms with Gasteiger partial charge in [-0.25, -0.2) is 9.97 Å². The van der Waals surface area contributed by atoms with Crippen LogP contribution in [0.4, 0.5) is 5.82 Å². The number of aromatic nitrogens is 2. The highest BCUT2D eigenvalue weighted by molar-refractivity contribution is 14.1. The summed E-state index contributed by atoms with van der Waals surface area (Å²) in [7, 11) is 0. The minimum absolute atomic E-state index is 0.790. The number of hydrogen-bond acceptors (Lipinski definition) is 4. The smallest absolute Gasteiger partial charge is 0.146 e. The number of hydrogen-bond donors (Lipinski definition) is 0. The Morgan fingerprint density at radius 2 is 1.87 bits per heavy atom. The van der Waals surface area contributed by atoms with Gasteiger partial charge in [-0.15, -0.1) is 0 Å². The molecule has 1 aromatic heterocycles. The predicted octanol–water partition coefficient (Wildman–Crippen LogP) is 1.53. The molecule has 2 heterocycles. The van der Waals surface area contributed by atoms with Crippen molar-refractivity contribution in [3.8, 4) is 0 Å². The standard InChI is InChI=1S/C10H14IN3O/c1-7-9(11)10(13-8(2)12-7)14-3-5-15-6-4-14/h3-6H2,1-2H3. The molecule has 82 valence electrons. The van der Waals surface area contributed by atoms with Crippen LogP contribution in [0.2, 0.25) is 0 Å². The molecule has 0 N–H and O–H groups in total. The molecule has 0 radical (unpaired) electrons. The fourth-order valence-corrected chi connectivity index (χ4v) is 2.25. The first kappa shape index (κ1) is 11.1. The normalized spacial score (nSPS) is 16.9. The average Bonchev–Trinajstić information content (AvgIpc) is 2.24. The summed E-state index contributed by atoms with van der Waals surface area (Å²) in [5.41, 5.74) is 1.06. The van der Waals surface area contributed by atoms with Gasteiger partial charge in [0.1, 0.15) is 11.6 Å². The van der Waals surface area contributed by atoms with Gasteiger partial charge in [-0.2, -0.15) is 0 Å². The van der Waals surface area contributed by atoms with Crippen LogP contribution in [0.25, 0.3) is 0 Å². The molecule has 1 aromatic rings. The zero-order valence-corrected chi connectivity index (χ0v) is 11.1. The quantitative estimate of drug-likeness (QED) is 0.736. The van der Waals surface area contributed by atoms with Crippen molar-refractivity contribution in [2.24, 2.45) is 0 Å². The van der Waals surface area contributed by atoms with Crippen molar-refractivity contribution >= 4 is 28.4 Å². The molecule has 0 atom stereocenters. The van der Waals surface area contributed by atoms with E-state index in [1.54, 1.807) is 0 Å². The lowest BCUT2D eigenvalue weighted by atomic mass is 10.3. The SMILES string of the molecule is Cc1nc(C)c(I)c(N2CCOCC2)n1. The number of halogens is 1. The van der Waals surface area contributed by atoms with E-state index in [9.17, 15) is 0 Å². The summed E-state index contributed by atoms with van der Waals surface area (Å²) in [6, 6.07) is 0. The second-order valence-corrected chi connectivity index (χ2v) is 4.67. The van der Waals surface area contributed by atoms with Gasteiger partial charge in [0.25, 0.3) is 0 Å². The summed E-state index contributed by atoms with van der Waals surface area (Å²) >= 11 is 2.32. The van der Waals surface area contributed by atoms with Gasteiger partial charge in [-0.1, -0.05) is 0 Å². The van der Waals surface area contributed by atoms with E-state index in [0.29, 0.717) is 0 Å². The number of morpholine rings is 1. The van der Waals surface area contributed by atoms with Crippen molar-refractivity contribution in [1.82, 2.24) is 9.97 Å². The van der Waals surface area contributed by atoms with Crippen LogP contribution < -0.4 is 4.90 Å². The average molecular weight is 319 g/mol. The summed E-state index contributed by atoms with van der Waals surface area (Å²) in [5, 5.41) is 0. The van der Waals surface area contributed by atoms with Crippen molar-refractivity contribution < 1.29 is 4.74 Å². The Morgan fingerprint density at radius 3 is 2.53 bits per heavy atom. The van der Waals surface area contributed by atoms with Gasteiger partial charge < -0.3 is 9.64 Å². The second kappa shape index (κ2) is 4.61. The van der Waals surface area contributed by atoms with Gasteiger partial charge in [0, 0.05) is 13.1 Å². The van der Waals surface area contributed by atoms with E-state index >= 15 is 0 Å². The molecule has 2 rings (SSSR count). The van der Waals surface area contributed by atoms with Gasteiger partial charge in [0.15, 0.2) is 0 Å². The van der Waals surface area contributed by atoms with Crippen LogP contribution in [0.15, 0.2) is 0 Å². The van der Waals surface area contributed by atoms with E-state index in [-0.39, 0.29) is 0 Å². The lowest BCUT2D eigenvalue weighted by molar-refractivity contribution is 0.122. The maximum absolute atomic E-state index is 5.33. The molecule has 0 saturated carbocycles. The summed E-state index contributed by atoms with van der Waals surface area (Å²) in [6.07, 6.45) is 0. The van der Waals surface area contributed by atoms with E-state index < -0.39 is 0 Å². The van der Waals surface area contributed by atoms with Crippen LogP contribution in [0.1, 0.15) is 11.5 Å². The third-order valence-corrected chi connectivity index (χ3v) is 3.68. The van der Waals surface area contributed by atoms with Crippen LogP contribution in [0.5, 0.6) is 0 Å². The van der Waals surface area contributed by atoms with Gasteiger partial charge in [0.05, 0.1) is 22.5 Å². The minimum Gasteiger partial charge on any atom is -0.378 e. The molecule has 0 amide bonds. The molecular formula is C10H14IN3O. The van der Waals surface area contributed by atoms with E-state index in [1.165, 1.54) is 0 Å². The number of anilines is 1. The van der Waals surface area contributed by atoms with Gasteiger partial charge in [0.2, 0.25) is 0 Å². The van der Waals surface area contributed by atoms with Gasteiger partial charge >= 0.3 is 0 Å². The topological polar surface area (TPSA) is 38.2 Å². The van der Waals surface area contributed by atoms with Crippen LogP contribution in [0.3, 0.4) is 0 Å². The highest BCUT2D eigenvalue weighted by atomic mass is 127. The fraction of sp³-hybridized carbons (Fsp3) is 0.600. The molecule has 0 aliphatic carbocycles. The van der Waals surface area contributed by atoms with E-state index in [4.69, 9.17) is 4.74 Å². The molecule has 15 heavy (non-hydrogen) atoms. The summed E-state index contributed by atoms with van der Waals surface area (Å²) in [4.78, 5) is 11.1. The zero-order valence-electron chi connectivity index (χ0n) is 8.96. The van der Waals surface area contributed by atoms with Crippen molar-refractivity contribution in [2.45, 2.75) is 13.8 Å². The van der Waals surface area contributed by atoms with Crippen LogP contribution in [0, 0.1) is 17.4 Å². The molecule has 1 aliphatic heterocycles. The lowest BCUT2D eigenvalue weighted by Crippen LogP contribution is -2.37.